The number of nitrogens with zero attached hydrogens (tertiary/aromatic N) is 1. The van der Waals surface area contributed by atoms with E-state index in [1.54, 1.807) is 0 Å². The topological polar surface area (TPSA) is 52.4 Å². The predicted molar refractivity (Wildman–Crippen MR) is 105 cm³/mol. The molecule has 0 aromatic heterocycles. The maximum absolute atomic E-state index is 10.5. The number of ether oxygens (including phenoxy) is 1. The highest BCUT2D eigenvalue weighted by Crippen LogP contribution is 2.39. The fourth-order valence-corrected chi connectivity index (χ4v) is 3.96. The van der Waals surface area contributed by atoms with Crippen LogP contribution in [0.2, 0.25) is 0 Å². The molecule has 140 valence electrons. The van der Waals surface area contributed by atoms with E-state index in [4.69, 9.17) is 4.74 Å². The smallest absolute Gasteiger partial charge is 0.207 e. The molecule has 1 fully saturated rings. The lowest BCUT2D eigenvalue weighted by Crippen LogP contribution is -2.30. The summed E-state index contributed by atoms with van der Waals surface area (Å²) >= 11 is 0. The van der Waals surface area contributed by atoms with Gasteiger partial charge in [-0.2, -0.15) is 0 Å². The summed E-state index contributed by atoms with van der Waals surface area (Å²) < 4.78 is 6.24. The third-order valence-corrected chi connectivity index (χ3v) is 5.66. The Hall–Kier alpha value is -2.10. The molecule has 0 amide bonds. The van der Waals surface area contributed by atoms with Gasteiger partial charge in [0.2, 0.25) is 6.54 Å². The molecule has 0 saturated heterocycles. The zero-order chi connectivity index (χ0) is 18.7. The van der Waals surface area contributed by atoms with Crippen molar-refractivity contribution in [3.8, 4) is 5.75 Å². The molecule has 1 aliphatic rings. The summed E-state index contributed by atoms with van der Waals surface area (Å²) in [4.78, 5) is 10.3. The Morgan fingerprint density at radius 2 is 1.69 bits per heavy atom. The molecule has 1 saturated carbocycles. The minimum atomic E-state index is -0.268. The molecule has 4 heteroatoms. The second-order valence-corrected chi connectivity index (χ2v) is 8.61. The van der Waals surface area contributed by atoms with Gasteiger partial charge in [0, 0.05) is 11.3 Å². The van der Waals surface area contributed by atoms with Crippen molar-refractivity contribution in [2.45, 2.75) is 59.0 Å². The standard InChI is InChI=1S/C22H29NO3/c1-22(2,3)19-7-10-20(11-8-19)26-21-9-6-17-14-16(12-13-23(24)25)4-5-18(17)15-21/h4-6,9,14-15,19-20H,7-8,10-13H2,1-3H3/t19-,20-. The summed E-state index contributed by atoms with van der Waals surface area (Å²) in [7, 11) is 0. The molecule has 0 heterocycles. The molecule has 2 aromatic rings. The lowest BCUT2D eigenvalue weighted by molar-refractivity contribution is -0.479. The summed E-state index contributed by atoms with van der Waals surface area (Å²) in [6, 6.07) is 12.2. The normalized spacial score (nSPS) is 20.9. The lowest BCUT2D eigenvalue weighted by Gasteiger charge is -2.37. The summed E-state index contributed by atoms with van der Waals surface area (Å²) in [5.74, 6) is 1.71. The van der Waals surface area contributed by atoms with Gasteiger partial charge in [-0.1, -0.05) is 45.0 Å². The van der Waals surface area contributed by atoms with Gasteiger partial charge in [-0.25, -0.2) is 0 Å². The van der Waals surface area contributed by atoms with Crippen molar-refractivity contribution in [1.82, 2.24) is 0 Å². The van der Waals surface area contributed by atoms with Crippen LogP contribution in [0, 0.1) is 21.4 Å². The molecule has 0 atom stereocenters. The third kappa shape index (κ3) is 4.75. The number of fused-ring (bicyclic) bond motifs is 1. The summed E-state index contributed by atoms with van der Waals surface area (Å²) in [5.41, 5.74) is 1.39. The largest absolute Gasteiger partial charge is 0.490 e. The first-order valence-corrected chi connectivity index (χ1v) is 9.62. The van der Waals surface area contributed by atoms with E-state index in [2.05, 4.69) is 32.9 Å². The van der Waals surface area contributed by atoms with Crippen LogP contribution in [0.15, 0.2) is 36.4 Å². The van der Waals surface area contributed by atoms with Crippen molar-refractivity contribution in [2.75, 3.05) is 6.54 Å². The van der Waals surface area contributed by atoms with Gasteiger partial charge in [-0.3, -0.25) is 10.1 Å². The molecule has 0 radical (unpaired) electrons. The first kappa shape index (κ1) is 18.7. The number of rotatable bonds is 5. The van der Waals surface area contributed by atoms with E-state index in [1.807, 2.05) is 24.3 Å². The van der Waals surface area contributed by atoms with E-state index in [0.717, 1.165) is 40.8 Å². The first-order chi connectivity index (χ1) is 12.3. The lowest BCUT2D eigenvalue weighted by atomic mass is 9.72. The monoisotopic (exact) mass is 355 g/mol. The van der Waals surface area contributed by atoms with Crippen LogP contribution in [-0.2, 0) is 6.42 Å². The molecule has 0 N–H and O–H groups in total. The Kier molecular flexibility index (Phi) is 5.49. The average Bonchev–Trinajstić information content (AvgIpc) is 2.59. The van der Waals surface area contributed by atoms with E-state index in [1.165, 1.54) is 12.8 Å². The fraction of sp³-hybridized carbons (Fsp3) is 0.545. The Labute approximate surface area is 155 Å². The zero-order valence-electron chi connectivity index (χ0n) is 16.0. The Morgan fingerprint density at radius 1 is 1.04 bits per heavy atom. The highest BCUT2D eigenvalue weighted by Gasteiger charge is 2.30. The van der Waals surface area contributed by atoms with Crippen LogP contribution in [0.25, 0.3) is 10.8 Å². The zero-order valence-corrected chi connectivity index (χ0v) is 16.0. The SMILES string of the molecule is CC(C)(C)[C@H]1CC[C@H](Oc2ccc3cc(CC[N+](=O)[O-])ccc3c2)CC1. The highest BCUT2D eigenvalue weighted by atomic mass is 16.6. The molecular weight excluding hydrogens is 326 g/mol. The quantitative estimate of drug-likeness (QED) is 0.515. The van der Waals surface area contributed by atoms with Crippen molar-refractivity contribution in [1.29, 1.82) is 0 Å². The van der Waals surface area contributed by atoms with Crippen molar-refractivity contribution in [3.05, 3.63) is 52.1 Å². The van der Waals surface area contributed by atoms with Crippen LogP contribution in [-0.4, -0.2) is 17.6 Å². The van der Waals surface area contributed by atoms with Gasteiger partial charge in [-0.05, 0) is 65.5 Å². The molecule has 0 unspecified atom stereocenters. The summed E-state index contributed by atoms with van der Waals surface area (Å²) in [5, 5.41) is 12.8. The third-order valence-electron chi connectivity index (χ3n) is 5.66. The van der Waals surface area contributed by atoms with Crippen molar-refractivity contribution in [2.24, 2.45) is 11.3 Å². The second-order valence-electron chi connectivity index (χ2n) is 8.61. The summed E-state index contributed by atoms with van der Waals surface area (Å²) in [6.45, 7) is 6.98. The van der Waals surface area contributed by atoms with Crippen LogP contribution in [0.3, 0.4) is 0 Å². The van der Waals surface area contributed by atoms with Gasteiger partial charge in [0.15, 0.2) is 0 Å². The number of nitro groups is 1. The average molecular weight is 355 g/mol. The Balaban J connectivity index is 1.63. The molecule has 1 aliphatic carbocycles. The fourth-order valence-electron chi connectivity index (χ4n) is 3.96. The molecular formula is C22H29NO3. The number of hydrogen-bond donors (Lipinski definition) is 0. The van der Waals surface area contributed by atoms with Crippen LogP contribution < -0.4 is 4.74 Å². The maximum Gasteiger partial charge on any atom is 0.207 e. The molecule has 2 aromatic carbocycles. The summed E-state index contributed by atoms with van der Waals surface area (Å²) in [6.07, 6.45) is 5.51. The van der Waals surface area contributed by atoms with Gasteiger partial charge in [0.25, 0.3) is 0 Å². The van der Waals surface area contributed by atoms with Crippen LogP contribution in [0.5, 0.6) is 5.75 Å². The van der Waals surface area contributed by atoms with E-state index >= 15 is 0 Å². The van der Waals surface area contributed by atoms with Gasteiger partial charge in [-0.15, -0.1) is 0 Å². The van der Waals surface area contributed by atoms with Gasteiger partial charge < -0.3 is 4.74 Å². The maximum atomic E-state index is 10.5. The van der Waals surface area contributed by atoms with Gasteiger partial charge >= 0.3 is 0 Å². The minimum absolute atomic E-state index is 0.0239. The van der Waals surface area contributed by atoms with Crippen molar-refractivity contribution < 1.29 is 9.66 Å². The highest BCUT2D eigenvalue weighted by molar-refractivity contribution is 5.84. The molecule has 0 aliphatic heterocycles. The Morgan fingerprint density at radius 3 is 2.35 bits per heavy atom. The molecule has 0 bridgehead atoms. The van der Waals surface area contributed by atoms with Gasteiger partial charge in [0.05, 0.1) is 6.10 Å². The van der Waals surface area contributed by atoms with Gasteiger partial charge in [0.1, 0.15) is 5.75 Å². The van der Waals surface area contributed by atoms with Crippen LogP contribution >= 0.6 is 0 Å². The van der Waals surface area contributed by atoms with Crippen LogP contribution in [0.4, 0.5) is 0 Å². The molecule has 4 nitrogen and oxygen atoms in total. The van der Waals surface area contributed by atoms with E-state index in [9.17, 15) is 10.1 Å². The van der Waals surface area contributed by atoms with E-state index < -0.39 is 0 Å². The van der Waals surface area contributed by atoms with Crippen LogP contribution in [0.1, 0.15) is 52.0 Å². The van der Waals surface area contributed by atoms with Crippen molar-refractivity contribution in [3.63, 3.8) is 0 Å². The molecule has 26 heavy (non-hydrogen) atoms. The Bertz CT molecular complexity index is 771. The van der Waals surface area contributed by atoms with E-state index in [0.29, 0.717) is 17.9 Å². The second kappa shape index (κ2) is 7.65. The molecule has 0 spiro atoms. The predicted octanol–water partition coefficient (Wildman–Crippen LogP) is 5.64. The first-order valence-electron chi connectivity index (χ1n) is 9.62. The minimum Gasteiger partial charge on any atom is -0.490 e. The van der Waals surface area contributed by atoms with Crippen molar-refractivity contribution >= 4 is 10.8 Å². The van der Waals surface area contributed by atoms with E-state index in [-0.39, 0.29) is 11.5 Å². The molecule has 3 rings (SSSR count). The number of benzene rings is 2. The number of hydrogen-bond acceptors (Lipinski definition) is 3.